The highest BCUT2D eigenvalue weighted by Crippen LogP contribution is 2.25. The zero-order valence-electron chi connectivity index (χ0n) is 11.7. The van der Waals surface area contributed by atoms with Gasteiger partial charge in [-0.2, -0.15) is 0 Å². The van der Waals surface area contributed by atoms with Crippen molar-refractivity contribution >= 4 is 45.3 Å². The maximum atomic E-state index is 12.0. The van der Waals surface area contributed by atoms with Crippen molar-refractivity contribution in [1.82, 2.24) is 9.97 Å². The molecule has 0 fully saturated rings. The Hall–Kier alpha value is -1.76. The third-order valence-electron chi connectivity index (χ3n) is 2.85. The molecule has 22 heavy (non-hydrogen) atoms. The van der Waals surface area contributed by atoms with E-state index < -0.39 is 0 Å². The Kier molecular flexibility index (Phi) is 4.52. The number of thiazole rings is 2. The number of anilines is 1. The van der Waals surface area contributed by atoms with Crippen LogP contribution in [0.4, 0.5) is 5.13 Å². The molecule has 1 N–H and O–H groups in total. The average Bonchev–Trinajstić information content (AvgIpc) is 3.09. The predicted molar refractivity (Wildman–Crippen MR) is 91.7 cm³/mol. The minimum Gasteiger partial charge on any atom is -0.302 e. The lowest BCUT2D eigenvalue weighted by Crippen LogP contribution is -2.14. The molecular formula is C15H12ClN3OS2. The minimum absolute atomic E-state index is 0.109. The quantitative estimate of drug-likeness (QED) is 0.759. The van der Waals surface area contributed by atoms with Crippen LogP contribution in [0.15, 0.2) is 35.8 Å². The molecule has 0 bridgehead atoms. The summed E-state index contributed by atoms with van der Waals surface area (Å²) in [6, 6.07) is 7.50. The molecule has 2 heterocycles. The van der Waals surface area contributed by atoms with Gasteiger partial charge in [0, 0.05) is 27.0 Å². The van der Waals surface area contributed by atoms with Gasteiger partial charge in [0.05, 0.1) is 12.1 Å². The van der Waals surface area contributed by atoms with Gasteiger partial charge in [0.1, 0.15) is 5.01 Å². The van der Waals surface area contributed by atoms with Gasteiger partial charge < -0.3 is 5.32 Å². The lowest BCUT2D eigenvalue weighted by atomic mass is 10.2. The summed E-state index contributed by atoms with van der Waals surface area (Å²) in [5.74, 6) is -0.109. The molecule has 0 saturated heterocycles. The van der Waals surface area contributed by atoms with Crippen molar-refractivity contribution in [2.45, 2.75) is 13.3 Å². The summed E-state index contributed by atoms with van der Waals surface area (Å²) < 4.78 is 0. The van der Waals surface area contributed by atoms with Gasteiger partial charge in [0.15, 0.2) is 5.13 Å². The van der Waals surface area contributed by atoms with E-state index in [0.29, 0.717) is 10.2 Å². The van der Waals surface area contributed by atoms with Gasteiger partial charge in [-0.1, -0.05) is 23.7 Å². The van der Waals surface area contributed by atoms with E-state index in [4.69, 9.17) is 11.6 Å². The van der Waals surface area contributed by atoms with Gasteiger partial charge in [-0.15, -0.1) is 22.7 Å². The molecule has 0 atom stereocenters. The molecule has 3 aromatic rings. The van der Waals surface area contributed by atoms with E-state index in [1.54, 1.807) is 6.20 Å². The van der Waals surface area contributed by atoms with Crippen molar-refractivity contribution in [3.05, 3.63) is 51.4 Å². The van der Waals surface area contributed by atoms with Crippen LogP contribution >= 0.6 is 34.3 Å². The third-order valence-corrected chi connectivity index (χ3v) is 4.87. The Bertz CT molecular complexity index is 795. The number of aryl methyl sites for hydroxylation is 1. The van der Waals surface area contributed by atoms with Crippen LogP contribution in [0, 0.1) is 6.92 Å². The number of hydrogen-bond acceptors (Lipinski definition) is 5. The first kappa shape index (κ1) is 15.1. The Labute approximate surface area is 140 Å². The lowest BCUT2D eigenvalue weighted by Gasteiger charge is -1.99. The topological polar surface area (TPSA) is 54.9 Å². The molecule has 112 valence electrons. The molecule has 0 unspecified atom stereocenters. The summed E-state index contributed by atoms with van der Waals surface area (Å²) in [5.41, 5.74) is 1.75. The summed E-state index contributed by atoms with van der Waals surface area (Å²) in [7, 11) is 0. The van der Waals surface area contributed by atoms with E-state index in [-0.39, 0.29) is 12.3 Å². The molecule has 2 aromatic heterocycles. The molecule has 0 aliphatic rings. The average molecular weight is 350 g/mol. The number of halogens is 1. The standard InChI is InChI=1S/C15H12ClN3OS2/c1-9-7-17-15(22-9)19-13(20)6-12-8-21-14(18-12)10-2-4-11(16)5-3-10/h2-5,7-8H,6H2,1H3,(H,17,19,20). The first-order chi connectivity index (χ1) is 10.6. The van der Waals surface area contributed by atoms with E-state index in [2.05, 4.69) is 15.3 Å². The highest BCUT2D eigenvalue weighted by molar-refractivity contribution is 7.15. The number of carbonyl (C=O) groups excluding carboxylic acids is 1. The van der Waals surface area contributed by atoms with Crippen LogP contribution in [-0.4, -0.2) is 15.9 Å². The SMILES string of the molecule is Cc1cnc(NC(=O)Cc2csc(-c3ccc(Cl)cc3)n2)s1. The Morgan fingerprint density at radius 2 is 2.09 bits per heavy atom. The molecule has 0 aliphatic carbocycles. The monoisotopic (exact) mass is 349 g/mol. The van der Waals surface area contributed by atoms with Gasteiger partial charge in [-0.05, 0) is 19.1 Å². The number of nitrogens with one attached hydrogen (secondary N) is 1. The number of nitrogens with zero attached hydrogens (tertiary/aromatic N) is 2. The van der Waals surface area contributed by atoms with Crippen molar-refractivity contribution in [3.63, 3.8) is 0 Å². The number of carbonyl (C=O) groups is 1. The fraction of sp³-hybridized carbons (Fsp3) is 0.133. The fourth-order valence-corrected chi connectivity index (χ4v) is 3.49. The second-order valence-corrected chi connectivity index (χ2v) is 7.18. The van der Waals surface area contributed by atoms with Gasteiger partial charge in [-0.3, -0.25) is 4.79 Å². The summed E-state index contributed by atoms with van der Waals surface area (Å²) in [6.45, 7) is 1.95. The van der Waals surface area contributed by atoms with E-state index in [0.717, 1.165) is 21.1 Å². The van der Waals surface area contributed by atoms with Crippen LogP contribution in [0.5, 0.6) is 0 Å². The van der Waals surface area contributed by atoms with Crippen molar-refractivity contribution in [3.8, 4) is 10.6 Å². The van der Waals surface area contributed by atoms with Crippen molar-refractivity contribution in [2.24, 2.45) is 0 Å². The van der Waals surface area contributed by atoms with E-state index >= 15 is 0 Å². The second kappa shape index (κ2) is 6.56. The molecule has 1 amide bonds. The van der Waals surface area contributed by atoms with Crippen molar-refractivity contribution in [1.29, 1.82) is 0 Å². The van der Waals surface area contributed by atoms with Crippen LogP contribution in [0.1, 0.15) is 10.6 Å². The van der Waals surface area contributed by atoms with E-state index in [1.807, 2.05) is 36.6 Å². The summed E-state index contributed by atoms with van der Waals surface area (Å²) in [5, 5.41) is 6.88. The maximum Gasteiger partial charge on any atom is 0.232 e. The van der Waals surface area contributed by atoms with Crippen LogP contribution in [-0.2, 0) is 11.2 Å². The molecular weight excluding hydrogens is 338 g/mol. The fourth-order valence-electron chi connectivity index (χ4n) is 1.85. The number of amides is 1. The first-order valence-corrected chi connectivity index (χ1v) is 8.60. The Balaban J connectivity index is 1.66. The Morgan fingerprint density at radius 3 is 2.77 bits per heavy atom. The normalized spacial score (nSPS) is 10.6. The van der Waals surface area contributed by atoms with Gasteiger partial charge in [0.2, 0.25) is 5.91 Å². The van der Waals surface area contributed by atoms with Crippen LogP contribution in [0.25, 0.3) is 10.6 Å². The number of rotatable bonds is 4. The van der Waals surface area contributed by atoms with E-state index in [9.17, 15) is 4.79 Å². The molecule has 0 saturated carbocycles. The predicted octanol–water partition coefficient (Wildman–Crippen LogP) is 4.41. The van der Waals surface area contributed by atoms with Crippen LogP contribution in [0.3, 0.4) is 0 Å². The zero-order chi connectivity index (χ0) is 15.5. The van der Waals surface area contributed by atoms with Gasteiger partial charge in [0.25, 0.3) is 0 Å². The zero-order valence-corrected chi connectivity index (χ0v) is 14.1. The Morgan fingerprint density at radius 1 is 1.32 bits per heavy atom. The second-order valence-electron chi connectivity index (χ2n) is 4.65. The third kappa shape index (κ3) is 3.71. The van der Waals surface area contributed by atoms with Gasteiger partial charge >= 0.3 is 0 Å². The maximum absolute atomic E-state index is 12.0. The molecule has 0 aliphatic heterocycles. The van der Waals surface area contributed by atoms with Gasteiger partial charge in [-0.25, -0.2) is 9.97 Å². The van der Waals surface area contributed by atoms with Crippen LogP contribution in [0.2, 0.25) is 5.02 Å². The minimum atomic E-state index is -0.109. The largest absolute Gasteiger partial charge is 0.302 e. The molecule has 0 radical (unpaired) electrons. The number of benzene rings is 1. The molecule has 3 rings (SSSR count). The highest BCUT2D eigenvalue weighted by atomic mass is 35.5. The molecule has 7 heteroatoms. The van der Waals surface area contributed by atoms with E-state index in [1.165, 1.54) is 22.7 Å². The highest BCUT2D eigenvalue weighted by Gasteiger charge is 2.10. The molecule has 0 spiro atoms. The lowest BCUT2D eigenvalue weighted by molar-refractivity contribution is -0.115. The number of aromatic nitrogens is 2. The van der Waals surface area contributed by atoms with Crippen molar-refractivity contribution < 1.29 is 4.79 Å². The molecule has 4 nitrogen and oxygen atoms in total. The summed E-state index contributed by atoms with van der Waals surface area (Å²) in [6.07, 6.45) is 1.98. The van der Waals surface area contributed by atoms with Crippen molar-refractivity contribution in [2.75, 3.05) is 5.32 Å². The van der Waals surface area contributed by atoms with Crippen LogP contribution < -0.4 is 5.32 Å². The summed E-state index contributed by atoms with van der Waals surface area (Å²) >= 11 is 8.85. The summed E-state index contributed by atoms with van der Waals surface area (Å²) in [4.78, 5) is 21.7. The number of hydrogen-bond donors (Lipinski definition) is 1. The smallest absolute Gasteiger partial charge is 0.232 e. The molecule has 1 aromatic carbocycles. The first-order valence-electron chi connectivity index (χ1n) is 6.53.